The Bertz CT molecular complexity index is 1680. The molecular weight excluding hydrogens is 520 g/mol. The Labute approximate surface area is 208 Å². The van der Waals surface area contributed by atoms with Gasteiger partial charge in [-0.15, -0.1) is 0 Å². The second-order valence-electron chi connectivity index (χ2n) is 8.71. The number of benzene rings is 1. The van der Waals surface area contributed by atoms with Crippen molar-refractivity contribution >= 4 is 28.7 Å². The third kappa shape index (κ3) is 3.56. The van der Waals surface area contributed by atoms with Crippen molar-refractivity contribution in [1.29, 1.82) is 0 Å². The van der Waals surface area contributed by atoms with E-state index in [2.05, 4.69) is 20.1 Å². The molecule has 0 bridgehead atoms. The monoisotopic (exact) mass is 535 g/mol. The van der Waals surface area contributed by atoms with Gasteiger partial charge in [0.05, 0.1) is 23.2 Å². The van der Waals surface area contributed by atoms with E-state index in [9.17, 15) is 35.9 Å². The lowest BCUT2D eigenvalue weighted by Gasteiger charge is -2.25. The van der Waals surface area contributed by atoms with Crippen molar-refractivity contribution in [2.75, 3.05) is 5.32 Å². The number of hydrogen-bond donors (Lipinski definition) is 2. The summed E-state index contributed by atoms with van der Waals surface area (Å²) < 4.78 is 85.4. The van der Waals surface area contributed by atoms with Crippen molar-refractivity contribution in [1.82, 2.24) is 24.7 Å². The topological polar surface area (TPSA) is 129 Å². The molecule has 0 fully saturated rings. The Kier molecular flexibility index (Phi) is 5.43. The highest BCUT2D eigenvalue weighted by Gasteiger charge is 2.64. The molecule has 1 aliphatic heterocycles. The number of rotatable bonds is 4. The van der Waals surface area contributed by atoms with Crippen molar-refractivity contribution in [3.8, 4) is 11.5 Å². The van der Waals surface area contributed by atoms with Crippen LogP contribution >= 0.6 is 0 Å². The normalized spacial score (nSPS) is 17.1. The lowest BCUT2D eigenvalue weighted by atomic mass is 9.82. The summed E-state index contributed by atoms with van der Waals surface area (Å²) >= 11 is 0. The van der Waals surface area contributed by atoms with Crippen LogP contribution < -0.4 is 11.1 Å². The lowest BCUT2D eigenvalue weighted by Crippen LogP contribution is -2.46. The number of nitrogens with one attached hydrogen (secondary N) is 1. The Hall–Kier alpha value is -4.56. The van der Waals surface area contributed by atoms with E-state index in [4.69, 9.17) is 5.73 Å². The zero-order chi connectivity index (χ0) is 27.7. The molecule has 196 valence electrons. The highest BCUT2D eigenvalue weighted by molar-refractivity contribution is 6.10. The summed E-state index contributed by atoms with van der Waals surface area (Å²) in [6, 6.07) is 4.46. The van der Waals surface area contributed by atoms with Crippen LogP contribution in [0, 0.1) is 24.4 Å². The van der Waals surface area contributed by atoms with Gasteiger partial charge >= 0.3 is 6.18 Å². The number of amides is 2. The summed E-state index contributed by atoms with van der Waals surface area (Å²) in [7, 11) is 0. The smallest absolute Gasteiger partial charge is 0.364 e. The first-order valence-electron chi connectivity index (χ1n) is 10.8. The highest BCUT2D eigenvalue weighted by Crippen LogP contribution is 2.49. The van der Waals surface area contributed by atoms with Crippen LogP contribution in [-0.2, 0) is 16.8 Å². The minimum Gasteiger partial charge on any atom is -0.364 e. The van der Waals surface area contributed by atoms with E-state index in [1.54, 1.807) is 0 Å². The van der Waals surface area contributed by atoms with Gasteiger partial charge in [-0.2, -0.15) is 18.3 Å². The van der Waals surface area contributed by atoms with Gasteiger partial charge in [-0.1, -0.05) is 12.1 Å². The van der Waals surface area contributed by atoms with Gasteiger partial charge in [0.2, 0.25) is 5.91 Å². The first kappa shape index (κ1) is 25.1. The number of fused-ring (bicyclic) bond motifs is 2. The molecule has 2 amide bonds. The third-order valence-electron chi connectivity index (χ3n) is 6.31. The number of carbonyl (C=O) groups is 2. The number of aryl methyl sites for hydroxylation is 1. The number of hydrogen-bond acceptors (Lipinski definition) is 6. The minimum atomic E-state index is -5.13. The molecule has 3 aromatic heterocycles. The molecule has 0 radical (unpaired) electrons. The fraction of sp³-hybridized carbons (Fsp3) is 0.217. The molecule has 1 aliphatic rings. The maximum atomic E-state index is 14.5. The van der Waals surface area contributed by atoms with Gasteiger partial charge in [-0.3, -0.25) is 9.59 Å². The predicted molar refractivity (Wildman–Crippen MR) is 119 cm³/mol. The third-order valence-corrected chi connectivity index (χ3v) is 6.31. The molecule has 3 N–H and O–H groups in total. The van der Waals surface area contributed by atoms with E-state index in [0.29, 0.717) is 6.92 Å². The molecule has 0 saturated heterocycles. The van der Waals surface area contributed by atoms with E-state index >= 15 is 0 Å². The van der Waals surface area contributed by atoms with Gasteiger partial charge < -0.3 is 11.1 Å². The second-order valence-corrected chi connectivity index (χ2v) is 8.71. The van der Waals surface area contributed by atoms with E-state index in [1.807, 2.05) is 5.32 Å². The summed E-state index contributed by atoms with van der Waals surface area (Å²) in [5, 5.41) is 6.17. The van der Waals surface area contributed by atoms with Crippen LogP contribution in [0.1, 0.15) is 34.2 Å². The fourth-order valence-corrected chi connectivity index (χ4v) is 4.19. The molecule has 0 saturated carbocycles. The molecule has 1 atom stereocenters. The number of pyridine rings is 1. The molecule has 5 rings (SSSR count). The zero-order valence-corrected chi connectivity index (χ0v) is 19.4. The summed E-state index contributed by atoms with van der Waals surface area (Å²) in [6.45, 7) is 1.52. The van der Waals surface area contributed by atoms with Crippen LogP contribution in [0.2, 0.25) is 0 Å². The molecule has 9 nitrogen and oxygen atoms in total. The molecule has 15 heteroatoms. The van der Waals surface area contributed by atoms with Crippen LogP contribution in [0.3, 0.4) is 0 Å². The molecule has 1 aromatic carbocycles. The highest BCUT2D eigenvalue weighted by atomic mass is 19.4. The van der Waals surface area contributed by atoms with E-state index in [-0.39, 0.29) is 34.5 Å². The Balaban J connectivity index is 1.76. The molecule has 4 heterocycles. The van der Waals surface area contributed by atoms with Crippen molar-refractivity contribution < 1.29 is 35.9 Å². The molecule has 0 spiro atoms. The number of nitrogens with two attached hydrogens (primary N) is 1. The number of primary amides is 1. The Morgan fingerprint density at radius 3 is 2.50 bits per heavy atom. The number of halogens is 6. The van der Waals surface area contributed by atoms with Crippen LogP contribution in [0.25, 0.3) is 22.6 Å². The fourth-order valence-electron chi connectivity index (χ4n) is 4.19. The maximum absolute atomic E-state index is 14.5. The second kappa shape index (κ2) is 8.22. The number of nitrogens with zero attached hydrogens (tertiary/aromatic N) is 5. The first-order valence-corrected chi connectivity index (χ1v) is 10.8. The summed E-state index contributed by atoms with van der Waals surface area (Å²) in [5.41, 5.74) is -0.0866. The van der Waals surface area contributed by atoms with Crippen molar-refractivity contribution in [3.63, 3.8) is 0 Å². The molecule has 38 heavy (non-hydrogen) atoms. The predicted octanol–water partition coefficient (Wildman–Crippen LogP) is 3.53. The van der Waals surface area contributed by atoms with Crippen LogP contribution in [0.15, 0.2) is 24.3 Å². The maximum Gasteiger partial charge on any atom is 0.407 e. The van der Waals surface area contributed by atoms with Crippen LogP contribution in [0.4, 0.5) is 32.2 Å². The van der Waals surface area contributed by atoms with Crippen LogP contribution in [0.5, 0.6) is 0 Å². The van der Waals surface area contributed by atoms with Gasteiger partial charge in [0, 0.05) is 5.56 Å². The molecular formula is C23H15F6N7O2. The largest absolute Gasteiger partial charge is 0.407 e. The first-order chi connectivity index (χ1) is 17.7. The number of alkyl halides is 3. The van der Waals surface area contributed by atoms with Gasteiger partial charge in [-0.05, 0) is 26.0 Å². The Morgan fingerprint density at radius 1 is 1.13 bits per heavy atom. The number of anilines is 1. The quantitative estimate of drug-likeness (QED) is 0.385. The van der Waals surface area contributed by atoms with E-state index in [0.717, 1.165) is 16.8 Å². The minimum absolute atomic E-state index is 0.0172. The van der Waals surface area contributed by atoms with Crippen molar-refractivity contribution in [2.24, 2.45) is 5.73 Å². The Morgan fingerprint density at radius 2 is 1.84 bits per heavy atom. The number of carbonyl (C=O) groups excluding carboxylic acids is 2. The average Bonchev–Trinajstić information content (AvgIpc) is 3.31. The van der Waals surface area contributed by atoms with Crippen LogP contribution in [-0.4, -0.2) is 42.7 Å². The summed E-state index contributed by atoms with van der Waals surface area (Å²) in [5.74, 6) is -7.08. The zero-order valence-electron chi connectivity index (χ0n) is 19.4. The van der Waals surface area contributed by atoms with E-state index < -0.39 is 63.8 Å². The van der Waals surface area contributed by atoms with E-state index in [1.165, 1.54) is 19.1 Å². The molecule has 4 aromatic rings. The van der Waals surface area contributed by atoms with Crippen molar-refractivity contribution in [2.45, 2.75) is 32.0 Å². The molecule has 1 unspecified atom stereocenters. The summed E-state index contributed by atoms with van der Waals surface area (Å²) in [4.78, 5) is 36.5. The van der Waals surface area contributed by atoms with Gasteiger partial charge in [0.1, 0.15) is 23.0 Å². The summed E-state index contributed by atoms with van der Waals surface area (Å²) in [6.07, 6.45) is -5.13. The number of aromatic nitrogens is 5. The van der Waals surface area contributed by atoms with Gasteiger partial charge in [0.15, 0.2) is 28.5 Å². The average molecular weight is 535 g/mol. The van der Waals surface area contributed by atoms with Gasteiger partial charge in [-0.25, -0.2) is 32.8 Å². The van der Waals surface area contributed by atoms with Crippen molar-refractivity contribution in [3.05, 3.63) is 64.2 Å². The molecule has 0 aliphatic carbocycles. The SMILES string of the molecule is Cc1nc2c(cc1F)c(-c1nc3c(c(C(N)=O)n1)C(C)(C(F)(F)F)C(=O)N3)nn2Cc1cccc(F)c1F. The standard InChI is InChI=1S/C23H15F6N7O2/c1-8-12(25)6-10-15(35-36(20(10)31-8)7-9-4-3-5-11(24)14(9)26)19-32-16(17(30)37)13-18(33-19)34-21(38)22(13,2)23(27,28)29/h3-6H,7H2,1-2H3,(H2,30,37)(H,32,33,34,38). The lowest BCUT2D eigenvalue weighted by molar-refractivity contribution is -0.186. The van der Waals surface area contributed by atoms with Gasteiger partial charge in [0.25, 0.3) is 5.91 Å².